The van der Waals surface area contributed by atoms with E-state index in [4.69, 9.17) is 5.26 Å². The highest BCUT2D eigenvalue weighted by Gasteiger charge is 2.09. The molecule has 1 amide bonds. The molecule has 0 unspecified atom stereocenters. The van der Waals surface area contributed by atoms with Crippen LogP contribution in [0, 0.1) is 18.3 Å². The minimum atomic E-state index is -0.220. The molecule has 0 aliphatic carbocycles. The lowest BCUT2D eigenvalue weighted by molar-refractivity contribution is 0.102. The van der Waals surface area contributed by atoms with Crippen molar-refractivity contribution in [1.29, 1.82) is 5.26 Å². The Morgan fingerprint density at radius 3 is 2.44 bits per heavy atom. The molecule has 7 heteroatoms. The van der Waals surface area contributed by atoms with E-state index in [1.165, 1.54) is 0 Å². The van der Waals surface area contributed by atoms with Crippen molar-refractivity contribution in [2.45, 2.75) is 13.5 Å². The fourth-order valence-corrected chi connectivity index (χ4v) is 3.28. The summed E-state index contributed by atoms with van der Waals surface area (Å²) in [6.07, 6.45) is 0. The molecule has 0 saturated carbocycles. The quantitative estimate of drug-likeness (QED) is 0.416. The van der Waals surface area contributed by atoms with E-state index in [0.29, 0.717) is 29.3 Å². The molecule has 0 bridgehead atoms. The molecule has 1 aromatic heterocycles. The first-order valence-electron chi connectivity index (χ1n) is 10.2. The summed E-state index contributed by atoms with van der Waals surface area (Å²) in [5.74, 6) is 1.11. The van der Waals surface area contributed by atoms with Gasteiger partial charge in [0.15, 0.2) is 0 Å². The van der Waals surface area contributed by atoms with Gasteiger partial charge in [0.1, 0.15) is 5.82 Å². The Labute approximate surface area is 186 Å². The zero-order chi connectivity index (χ0) is 22.5. The van der Waals surface area contributed by atoms with Crippen molar-refractivity contribution in [2.75, 3.05) is 23.0 Å². The maximum atomic E-state index is 12.4. The average Bonchev–Trinajstić information content (AvgIpc) is 2.83. The Morgan fingerprint density at radius 1 is 1.00 bits per heavy atom. The molecular formula is C25H22N6O. The number of fused-ring (bicyclic) bond motifs is 1. The smallest absolute Gasteiger partial charge is 0.255 e. The standard InChI is InChI=1S/C25H22N6O/c1-16-3-12-22-21(13-16)23(31-25(27-2)30-22)28-15-18-6-10-20(11-7-18)29-24(32)19-8-4-17(14-26)5-9-19/h3-13H,15H2,1-2H3,(H,29,32)(H2,27,28,30,31). The summed E-state index contributed by atoms with van der Waals surface area (Å²) in [5.41, 5.74) is 4.78. The van der Waals surface area contributed by atoms with Gasteiger partial charge in [-0.1, -0.05) is 23.8 Å². The lowest BCUT2D eigenvalue weighted by Crippen LogP contribution is -2.12. The third kappa shape index (κ3) is 4.65. The van der Waals surface area contributed by atoms with Crippen molar-refractivity contribution in [3.8, 4) is 6.07 Å². The summed E-state index contributed by atoms with van der Waals surface area (Å²) >= 11 is 0. The lowest BCUT2D eigenvalue weighted by atomic mass is 10.1. The van der Waals surface area contributed by atoms with Gasteiger partial charge in [-0.05, 0) is 61.0 Å². The third-order valence-electron chi connectivity index (χ3n) is 5.02. The molecule has 3 aromatic carbocycles. The van der Waals surface area contributed by atoms with E-state index in [-0.39, 0.29) is 5.91 Å². The molecule has 3 N–H and O–H groups in total. The number of benzene rings is 3. The fraction of sp³-hybridized carbons (Fsp3) is 0.120. The van der Waals surface area contributed by atoms with Crippen LogP contribution in [0.4, 0.5) is 17.5 Å². The number of hydrogen-bond donors (Lipinski definition) is 3. The molecule has 7 nitrogen and oxygen atoms in total. The van der Waals surface area contributed by atoms with E-state index in [1.54, 1.807) is 31.3 Å². The molecule has 0 aliphatic heterocycles. The van der Waals surface area contributed by atoms with Crippen molar-refractivity contribution in [3.05, 3.63) is 89.0 Å². The normalized spacial score (nSPS) is 10.4. The molecule has 158 valence electrons. The highest BCUT2D eigenvalue weighted by Crippen LogP contribution is 2.24. The number of hydrogen-bond acceptors (Lipinski definition) is 6. The van der Waals surface area contributed by atoms with Gasteiger partial charge in [0.25, 0.3) is 5.91 Å². The number of amides is 1. The van der Waals surface area contributed by atoms with Crippen LogP contribution < -0.4 is 16.0 Å². The van der Waals surface area contributed by atoms with Gasteiger partial charge in [-0.3, -0.25) is 4.79 Å². The Balaban J connectivity index is 1.44. The Hall–Kier alpha value is -4.44. The van der Waals surface area contributed by atoms with Crippen LogP contribution in [0.3, 0.4) is 0 Å². The largest absolute Gasteiger partial charge is 0.365 e. The van der Waals surface area contributed by atoms with E-state index in [0.717, 1.165) is 27.8 Å². The number of nitrogens with zero attached hydrogens (tertiary/aromatic N) is 3. The van der Waals surface area contributed by atoms with Gasteiger partial charge in [-0.15, -0.1) is 0 Å². The molecule has 0 radical (unpaired) electrons. The third-order valence-corrected chi connectivity index (χ3v) is 5.02. The van der Waals surface area contributed by atoms with Gasteiger partial charge >= 0.3 is 0 Å². The number of anilines is 3. The van der Waals surface area contributed by atoms with Crippen molar-refractivity contribution < 1.29 is 4.79 Å². The van der Waals surface area contributed by atoms with Gasteiger partial charge in [-0.25, -0.2) is 4.98 Å². The van der Waals surface area contributed by atoms with Gasteiger partial charge in [0, 0.05) is 30.2 Å². The summed E-state index contributed by atoms with van der Waals surface area (Å²) in [7, 11) is 1.80. The highest BCUT2D eigenvalue weighted by atomic mass is 16.1. The first-order valence-corrected chi connectivity index (χ1v) is 10.2. The molecule has 4 aromatic rings. The molecule has 1 heterocycles. The Morgan fingerprint density at radius 2 is 1.75 bits per heavy atom. The highest BCUT2D eigenvalue weighted by molar-refractivity contribution is 6.04. The first-order chi connectivity index (χ1) is 15.6. The summed E-state index contributed by atoms with van der Waals surface area (Å²) in [6.45, 7) is 2.62. The second kappa shape index (κ2) is 9.14. The Kier molecular flexibility index (Phi) is 5.95. The molecular weight excluding hydrogens is 400 g/mol. The lowest BCUT2D eigenvalue weighted by Gasteiger charge is -2.12. The second-order valence-electron chi connectivity index (χ2n) is 7.36. The zero-order valence-corrected chi connectivity index (χ0v) is 17.8. The number of carbonyl (C=O) groups is 1. The predicted molar refractivity (Wildman–Crippen MR) is 127 cm³/mol. The monoisotopic (exact) mass is 422 g/mol. The topological polar surface area (TPSA) is 103 Å². The second-order valence-corrected chi connectivity index (χ2v) is 7.36. The van der Waals surface area contributed by atoms with Crippen LogP contribution in [0.25, 0.3) is 10.9 Å². The van der Waals surface area contributed by atoms with Crippen molar-refractivity contribution in [3.63, 3.8) is 0 Å². The van der Waals surface area contributed by atoms with E-state index >= 15 is 0 Å². The summed E-state index contributed by atoms with van der Waals surface area (Å²) < 4.78 is 0. The SMILES string of the molecule is CNc1nc(NCc2ccc(NC(=O)c3ccc(C#N)cc3)cc2)c2cc(C)ccc2n1. The van der Waals surface area contributed by atoms with Crippen LogP contribution in [-0.2, 0) is 6.54 Å². The van der Waals surface area contributed by atoms with E-state index < -0.39 is 0 Å². The fourth-order valence-electron chi connectivity index (χ4n) is 3.28. The van der Waals surface area contributed by atoms with Crippen LogP contribution in [0.1, 0.15) is 27.0 Å². The first kappa shape index (κ1) is 20.8. The molecule has 4 rings (SSSR count). The van der Waals surface area contributed by atoms with Gasteiger partial charge < -0.3 is 16.0 Å². The number of aryl methyl sites for hydroxylation is 1. The van der Waals surface area contributed by atoms with Gasteiger partial charge in [0.05, 0.1) is 17.1 Å². The average molecular weight is 422 g/mol. The summed E-state index contributed by atoms with van der Waals surface area (Å²) in [6, 6.07) is 22.3. The van der Waals surface area contributed by atoms with Crippen molar-refractivity contribution in [1.82, 2.24) is 9.97 Å². The minimum Gasteiger partial charge on any atom is -0.365 e. The molecule has 0 atom stereocenters. The number of nitriles is 1. The van der Waals surface area contributed by atoms with Crippen LogP contribution in [-0.4, -0.2) is 22.9 Å². The molecule has 0 fully saturated rings. The molecule has 0 saturated heterocycles. The molecule has 0 spiro atoms. The van der Waals surface area contributed by atoms with Crippen LogP contribution in [0.15, 0.2) is 66.7 Å². The van der Waals surface area contributed by atoms with Gasteiger partial charge in [-0.2, -0.15) is 10.2 Å². The zero-order valence-electron chi connectivity index (χ0n) is 17.8. The van der Waals surface area contributed by atoms with Crippen LogP contribution >= 0.6 is 0 Å². The van der Waals surface area contributed by atoms with E-state index in [1.807, 2.05) is 49.4 Å². The Bertz CT molecular complexity index is 1310. The number of nitrogens with one attached hydrogen (secondary N) is 3. The number of carbonyl (C=O) groups excluding carboxylic acids is 1. The minimum absolute atomic E-state index is 0.220. The number of aromatic nitrogens is 2. The van der Waals surface area contributed by atoms with E-state index in [2.05, 4.69) is 32.0 Å². The van der Waals surface area contributed by atoms with E-state index in [9.17, 15) is 4.79 Å². The maximum Gasteiger partial charge on any atom is 0.255 e. The summed E-state index contributed by atoms with van der Waals surface area (Å²) in [5, 5.41) is 19.1. The number of rotatable bonds is 6. The van der Waals surface area contributed by atoms with Crippen LogP contribution in [0.2, 0.25) is 0 Å². The maximum absolute atomic E-state index is 12.4. The van der Waals surface area contributed by atoms with Crippen molar-refractivity contribution in [2.24, 2.45) is 0 Å². The van der Waals surface area contributed by atoms with Gasteiger partial charge in [0.2, 0.25) is 5.95 Å². The predicted octanol–water partition coefficient (Wildman–Crippen LogP) is 4.72. The molecule has 32 heavy (non-hydrogen) atoms. The van der Waals surface area contributed by atoms with Crippen LogP contribution in [0.5, 0.6) is 0 Å². The van der Waals surface area contributed by atoms with Crippen molar-refractivity contribution >= 4 is 34.3 Å². The summed E-state index contributed by atoms with van der Waals surface area (Å²) in [4.78, 5) is 21.5. The molecule has 0 aliphatic rings.